The quantitative estimate of drug-likeness (QED) is 0.728. The van der Waals surface area contributed by atoms with Gasteiger partial charge in [0.05, 0.1) is 6.61 Å². The van der Waals surface area contributed by atoms with E-state index in [9.17, 15) is 22.8 Å². The second-order valence-electron chi connectivity index (χ2n) is 8.71. The van der Waals surface area contributed by atoms with Gasteiger partial charge in [0, 0.05) is 50.2 Å². The molecule has 2 aromatic rings. The van der Waals surface area contributed by atoms with Crippen molar-refractivity contribution in [2.75, 3.05) is 24.6 Å². The number of nitrogens with zero attached hydrogens (tertiary/aromatic N) is 4. The number of pyridine rings is 1. The number of piperazine rings is 1. The summed E-state index contributed by atoms with van der Waals surface area (Å²) >= 11 is 0. The topological polar surface area (TPSA) is 91.4 Å². The van der Waals surface area contributed by atoms with E-state index in [0.29, 0.717) is 25.0 Å². The van der Waals surface area contributed by atoms with E-state index in [4.69, 9.17) is 4.74 Å². The number of halogens is 3. The Morgan fingerprint density at radius 1 is 1.18 bits per heavy atom. The van der Waals surface area contributed by atoms with Gasteiger partial charge < -0.3 is 19.5 Å². The number of anilines is 1. The lowest BCUT2D eigenvalue weighted by Gasteiger charge is -2.43. The Morgan fingerprint density at radius 2 is 1.88 bits per heavy atom. The molecular weight excluding hydrogens is 439 g/mol. The predicted octanol–water partition coefficient (Wildman–Crippen LogP) is 3.34. The Bertz CT molecular complexity index is 1050. The van der Waals surface area contributed by atoms with Crippen molar-refractivity contribution >= 4 is 12.0 Å². The zero-order valence-electron chi connectivity index (χ0n) is 18.4. The van der Waals surface area contributed by atoms with Gasteiger partial charge in [-0.1, -0.05) is 0 Å². The highest BCUT2D eigenvalue weighted by Crippen LogP contribution is 2.39. The van der Waals surface area contributed by atoms with Crippen molar-refractivity contribution in [1.82, 2.24) is 19.9 Å². The number of aromatic amines is 1. The van der Waals surface area contributed by atoms with Crippen molar-refractivity contribution in [3.63, 3.8) is 0 Å². The van der Waals surface area contributed by atoms with Crippen LogP contribution in [-0.2, 0) is 17.3 Å². The Morgan fingerprint density at radius 3 is 2.52 bits per heavy atom. The fourth-order valence-electron chi connectivity index (χ4n) is 3.99. The molecule has 178 valence electrons. The zero-order valence-corrected chi connectivity index (χ0v) is 18.4. The third-order valence-electron chi connectivity index (χ3n) is 6.07. The Kier molecular flexibility index (Phi) is 6.31. The first-order chi connectivity index (χ1) is 15.6. The normalized spacial score (nSPS) is 21.2. The summed E-state index contributed by atoms with van der Waals surface area (Å²) in [5.74, 6) is 1.21. The van der Waals surface area contributed by atoms with E-state index in [1.807, 2.05) is 26.2 Å². The van der Waals surface area contributed by atoms with Crippen molar-refractivity contribution in [2.45, 2.75) is 57.3 Å². The van der Waals surface area contributed by atoms with Gasteiger partial charge in [-0.25, -0.2) is 14.8 Å². The van der Waals surface area contributed by atoms with Gasteiger partial charge >= 0.3 is 12.3 Å². The lowest BCUT2D eigenvalue weighted by Crippen LogP contribution is -2.58. The molecule has 33 heavy (non-hydrogen) atoms. The van der Waals surface area contributed by atoms with Crippen molar-refractivity contribution in [3.05, 3.63) is 51.7 Å². The highest BCUT2D eigenvalue weighted by molar-refractivity contribution is 5.68. The van der Waals surface area contributed by atoms with Gasteiger partial charge in [0.2, 0.25) is 5.95 Å². The van der Waals surface area contributed by atoms with Crippen LogP contribution in [0.2, 0.25) is 0 Å². The van der Waals surface area contributed by atoms with Crippen LogP contribution in [0.5, 0.6) is 0 Å². The summed E-state index contributed by atoms with van der Waals surface area (Å²) in [4.78, 5) is 38.7. The van der Waals surface area contributed by atoms with Crippen LogP contribution in [0.4, 0.5) is 23.9 Å². The SMILES string of the molecule is C[C@@H]1CN(C(=O)OCCc2c[nH]c(=O)c(C(F)(F)F)c2)[C@@H](C)CN1c1ncc(C2CC2)cn1. The molecule has 0 spiro atoms. The van der Waals surface area contributed by atoms with Crippen LogP contribution in [0.3, 0.4) is 0 Å². The summed E-state index contributed by atoms with van der Waals surface area (Å²) in [6, 6.07) is 0.587. The smallest absolute Gasteiger partial charge is 0.421 e. The molecule has 2 aliphatic rings. The number of rotatable bonds is 5. The van der Waals surface area contributed by atoms with Gasteiger partial charge in [0.25, 0.3) is 5.56 Å². The molecule has 0 aromatic carbocycles. The summed E-state index contributed by atoms with van der Waals surface area (Å²) < 4.78 is 44.0. The maximum absolute atomic E-state index is 12.9. The molecular formula is C22H26F3N5O3. The van der Waals surface area contributed by atoms with Crippen molar-refractivity contribution < 1.29 is 22.7 Å². The van der Waals surface area contributed by atoms with Gasteiger partial charge in [0.1, 0.15) is 5.56 Å². The van der Waals surface area contributed by atoms with Gasteiger partial charge in [0.15, 0.2) is 0 Å². The number of hydrogen-bond acceptors (Lipinski definition) is 6. The summed E-state index contributed by atoms with van der Waals surface area (Å²) in [7, 11) is 0. The lowest BCUT2D eigenvalue weighted by molar-refractivity contribution is -0.138. The monoisotopic (exact) mass is 465 g/mol. The molecule has 1 aliphatic heterocycles. The Labute approximate surface area is 188 Å². The number of ether oxygens (including phenoxy) is 1. The molecule has 11 heteroatoms. The maximum Gasteiger partial charge on any atom is 0.421 e. The molecule has 1 aliphatic carbocycles. The Hall–Kier alpha value is -3.11. The van der Waals surface area contributed by atoms with Crippen LogP contribution < -0.4 is 10.5 Å². The number of carbonyl (C=O) groups excluding carboxylic acids is 1. The highest BCUT2D eigenvalue weighted by Gasteiger charge is 2.35. The van der Waals surface area contributed by atoms with Crippen LogP contribution in [-0.4, -0.2) is 57.7 Å². The third-order valence-corrected chi connectivity index (χ3v) is 6.07. The van der Waals surface area contributed by atoms with E-state index in [2.05, 4.69) is 19.9 Å². The molecule has 1 N–H and O–H groups in total. The molecule has 1 amide bonds. The third kappa shape index (κ3) is 5.28. The standard InChI is InChI=1S/C22H26F3N5O3/c1-13-12-30(14(2)11-29(13)20-27-9-17(10-28-20)16-3-4-16)21(32)33-6-5-15-7-18(22(23,24)25)19(31)26-8-15/h7-10,13-14,16H,3-6,11-12H2,1-2H3,(H,26,31)/t13-,14+/m1/s1. The molecule has 0 unspecified atom stereocenters. The van der Waals surface area contributed by atoms with E-state index in [1.165, 1.54) is 19.0 Å². The zero-order chi connectivity index (χ0) is 23.8. The van der Waals surface area contributed by atoms with Crippen LogP contribution in [0, 0.1) is 0 Å². The number of H-pyrrole nitrogens is 1. The summed E-state index contributed by atoms with van der Waals surface area (Å²) in [5.41, 5.74) is -1.08. The number of hydrogen-bond donors (Lipinski definition) is 1. The molecule has 2 aromatic heterocycles. The van der Waals surface area contributed by atoms with Gasteiger partial charge in [-0.05, 0) is 49.8 Å². The van der Waals surface area contributed by atoms with Gasteiger partial charge in [-0.3, -0.25) is 4.79 Å². The fraction of sp³-hybridized carbons (Fsp3) is 0.545. The molecule has 2 atom stereocenters. The Balaban J connectivity index is 1.31. The van der Waals surface area contributed by atoms with Crippen LogP contribution in [0.1, 0.15) is 49.3 Å². The summed E-state index contributed by atoms with van der Waals surface area (Å²) in [6.45, 7) is 4.72. The van der Waals surface area contributed by atoms with E-state index in [-0.39, 0.29) is 30.7 Å². The average molecular weight is 465 g/mol. The van der Waals surface area contributed by atoms with Crippen LogP contribution in [0.25, 0.3) is 0 Å². The van der Waals surface area contributed by atoms with Crippen molar-refractivity contribution in [3.8, 4) is 0 Å². The molecule has 1 saturated carbocycles. The summed E-state index contributed by atoms with van der Waals surface area (Å²) in [5, 5.41) is 0. The van der Waals surface area contributed by atoms with E-state index in [0.717, 1.165) is 11.6 Å². The largest absolute Gasteiger partial charge is 0.449 e. The molecule has 4 rings (SSSR count). The first-order valence-corrected chi connectivity index (χ1v) is 10.9. The highest BCUT2D eigenvalue weighted by atomic mass is 19.4. The van der Waals surface area contributed by atoms with Crippen molar-refractivity contribution in [2.24, 2.45) is 0 Å². The molecule has 3 heterocycles. The van der Waals surface area contributed by atoms with E-state index in [1.54, 1.807) is 4.90 Å². The molecule has 2 fully saturated rings. The van der Waals surface area contributed by atoms with E-state index >= 15 is 0 Å². The maximum atomic E-state index is 12.9. The minimum absolute atomic E-state index is 0.0333. The molecule has 1 saturated heterocycles. The van der Waals surface area contributed by atoms with Crippen LogP contribution >= 0.6 is 0 Å². The number of aromatic nitrogens is 3. The minimum Gasteiger partial charge on any atom is -0.449 e. The van der Waals surface area contributed by atoms with Crippen molar-refractivity contribution in [1.29, 1.82) is 0 Å². The number of alkyl halides is 3. The first-order valence-electron chi connectivity index (χ1n) is 10.9. The number of amides is 1. The molecule has 0 bridgehead atoms. The number of nitrogens with one attached hydrogen (secondary N) is 1. The fourth-order valence-corrected chi connectivity index (χ4v) is 3.99. The second-order valence-corrected chi connectivity index (χ2v) is 8.71. The molecule has 8 nitrogen and oxygen atoms in total. The second kappa shape index (κ2) is 9.03. The van der Waals surface area contributed by atoms with Gasteiger partial charge in [-0.15, -0.1) is 0 Å². The average Bonchev–Trinajstić information content (AvgIpc) is 3.61. The van der Waals surface area contributed by atoms with E-state index < -0.39 is 23.4 Å². The lowest BCUT2D eigenvalue weighted by atomic mass is 10.1. The van der Waals surface area contributed by atoms with Crippen LogP contribution in [0.15, 0.2) is 29.5 Å². The predicted molar refractivity (Wildman–Crippen MR) is 114 cm³/mol. The first kappa shape index (κ1) is 23.1. The van der Waals surface area contributed by atoms with Gasteiger partial charge in [-0.2, -0.15) is 13.2 Å². The molecule has 0 radical (unpaired) electrons. The minimum atomic E-state index is -4.74. The number of carbonyl (C=O) groups is 1. The summed E-state index contributed by atoms with van der Waals surface area (Å²) in [6.07, 6.45) is 2.09.